The Morgan fingerprint density at radius 1 is 1.36 bits per heavy atom. The van der Waals surface area contributed by atoms with Crippen molar-refractivity contribution in [3.05, 3.63) is 29.8 Å². The predicted molar refractivity (Wildman–Crippen MR) is 91.9 cm³/mol. The minimum Gasteiger partial charge on any atom is -0.493 e. The van der Waals surface area contributed by atoms with E-state index >= 15 is 0 Å². The maximum atomic E-state index is 11.8. The summed E-state index contributed by atoms with van der Waals surface area (Å²) in [5, 5.41) is 6.34. The highest BCUT2D eigenvalue weighted by atomic mass is 35.5. The molecule has 0 saturated carbocycles. The van der Waals surface area contributed by atoms with E-state index in [-0.39, 0.29) is 24.4 Å². The standard InChI is InChI=1S/C17H26N2O2.ClH/c1-13(2)14-5-7-16(8-6-14)21-11-9-17(20)19-15-4-3-10-18-12-15;/h5-8,13,15,18H,3-4,9-12H2,1-2H3,(H,19,20);1H/t15-;/m0./s1. The molecule has 2 N–H and O–H groups in total. The van der Waals surface area contributed by atoms with Gasteiger partial charge >= 0.3 is 0 Å². The number of amides is 1. The van der Waals surface area contributed by atoms with Gasteiger partial charge in [0.15, 0.2) is 0 Å². The molecule has 1 aliphatic heterocycles. The maximum Gasteiger partial charge on any atom is 0.223 e. The molecular weight excluding hydrogens is 300 g/mol. The molecule has 22 heavy (non-hydrogen) atoms. The first-order valence-corrected chi connectivity index (χ1v) is 7.88. The highest BCUT2D eigenvalue weighted by Gasteiger charge is 2.14. The van der Waals surface area contributed by atoms with Crippen molar-refractivity contribution >= 4 is 18.3 Å². The smallest absolute Gasteiger partial charge is 0.223 e. The number of hydrogen-bond acceptors (Lipinski definition) is 3. The molecule has 0 aromatic heterocycles. The number of rotatable bonds is 6. The SMILES string of the molecule is CC(C)c1ccc(OCCC(=O)N[C@H]2CCCNC2)cc1.Cl. The molecule has 1 fully saturated rings. The van der Waals surface area contributed by atoms with E-state index in [1.54, 1.807) is 0 Å². The Hall–Kier alpha value is -1.26. The Morgan fingerprint density at radius 3 is 2.68 bits per heavy atom. The lowest BCUT2D eigenvalue weighted by molar-refractivity contribution is -0.122. The molecule has 5 heteroatoms. The second kappa shape index (κ2) is 9.70. The van der Waals surface area contributed by atoms with Gasteiger partial charge in [-0.2, -0.15) is 0 Å². The van der Waals surface area contributed by atoms with Crippen LogP contribution in [0.2, 0.25) is 0 Å². The van der Waals surface area contributed by atoms with Gasteiger partial charge in [0, 0.05) is 12.6 Å². The zero-order valence-electron chi connectivity index (χ0n) is 13.4. The van der Waals surface area contributed by atoms with Gasteiger partial charge < -0.3 is 15.4 Å². The number of piperidine rings is 1. The van der Waals surface area contributed by atoms with Crippen molar-refractivity contribution in [1.29, 1.82) is 0 Å². The lowest BCUT2D eigenvalue weighted by Gasteiger charge is -2.23. The van der Waals surface area contributed by atoms with E-state index in [1.165, 1.54) is 5.56 Å². The van der Waals surface area contributed by atoms with Gasteiger partial charge in [0.05, 0.1) is 13.0 Å². The summed E-state index contributed by atoms with van der Waals surface area (Å²) >= 11 is 0. The molecule has 0 unspecified atom stereocenters. The molecule has 1 heterocycles. The second-order valence-corrected chi connectivity index (χ2v) is 5.93. The van der Waals surface area contributed by atoms with Gasteiger partial charge in [-0.1, -0.05) is 26.0 Å². The maximum absolute atomic E-state index is 11.8. The summed E-state index contributed by atoms with van der Waals surface area (Å²) in [6, 6.07) is 8.37. The number of carbonyl (C=O) groups excluding carboxylic acids is 1. The van der Waals surface area contributed by atoms with Crippen LogP contribution in [0, 0.1) is 0 Å². The molecule has 0 spiro atoms. The van der Waals surface area contributed by atoms with E-state index in [0.29, 0.717) is 18.9 Å². The van der Waals surface area contributed by atoms with E-state index in [0.717, 1.165) is 31.7 Å². The Labute approximate surface area is 139 Å². The fourth-order valence-electron chi connectivity index (χ4n) is 2.49. The van der Waals surface area contributed by atoms with Gasteiger partial charge in [-0.05, 0) is 43.0 Å². The van der Waals surface area contributed by atoms with Crippen LogP contribution >= 0.6 is 12.4 Å². The fourth-order valence-corrected chi connectivity index (χ4v) is 2.49. The van der Waals surface area contributed by atoms with Gasteiger partial charge in [0.2, 0.25) is 5.91 Å². The Kier molecular flexibility index (Phi) is 8.28. The normalized spacial score (nSPS) is 17.7. The van der Waals surface area contributed by atoms with Crippen LogP contribution < -0.4 is 15.4 Å². The molecule has 1 saturated heterocycles. The predicted octanol–water partition coefficient (Wildman–Crippen LogP) is 2.87. The van der Waals surface area contributed by atoms with Crippen LogP contribution in [-0.2, 0) is 4.79 Å². The quantitative estimate of drug-likeness (QED) is 0.845. The molecule has 4 nitrogen and oxygen atoms in total. The average Bonchev–Trinajstić information content (AvgIpc) is 2.49. The van der Waals surface area contributed by atoms with E-state index in [2.05, 4.69) is 36.6 Å². The van der Waals surface area contributed by atoms with Crippen LogP contribution in [-0.4, -0.2) is 31.6 Å². The minimum absolute atomic E-state index is 0. The van der Waals surface area contributed by atoms with Crippen LogP contribution in [0.3, 0.4) is 0 Å². The van der Waals surface area contributed by atoms with Gasteiger partial charge in [-0.15, -0.1) is 12.4 Å². The number of nitrogens with one attached hydrogen (secondary N) is 2. The Balaban J connectivity index is 0.00000242. The summed E-state index contributed by atoms with van der Waals surface area (Å²) in [4.78, 5) is 11.8. The average molecular weight is 327 g/mol. The van der Waals surface area contributed by atoms with E-state index in [1.807, 2.05) is 12.1 Å². The summed E-state index contributed by atoms with van der Waals surface area (Å²) in [5.74, 6) is 1.42. The summed E-state index contributed by atoms with van der Waals surface area (Å²) in [7, 11) is 0. The van der Waals surface area contributed by atoms with Crippen LogP contribution in [0.5, 0.6) is 5.75 Å². The summed E-state index contributed by atoms with van der Waals surface area (Å²) in [5.41, 5.74) is 1.30. The second-order valence-electron chi connectivity index (χ2n) is 5.93. The van der Waals surface area contributed by atoms with Crippen LogP contribution in [0.4, 0.5) is 0 Å². The van der Waals surface area contributed by atoms with Crippen molar-refractivity contribution in [3.8, 4) is 5.75 Å². The molecule has 0 bridgehead atoms. The Morgan fingerprint density at radius 2 is 2.09 bits per heavy atom. The topological polar surface area (TPSA) is 50.4 Å². The van der Waals surface area contributed by atoms with Crippen LogP contribution in [0.15, 0.2) is 24.3 Å². The molecule has 1 atom stereocenters. The van der Waals surface area contributed by atoms with E-state index in [9.17, 15) is 4.79 Å². The number of halogens is 1. The molecule has 1 aromatic carbocycles. The molecule has 0 aliphatic carbocycles. The lowest BCUT2D eigenvalue weighted by Crippen LogP contribution is -2.45. The zero-order chi connectivity index (χ0) is 15.1. The van der Waals surface area contributed by atoms with Crippen LogP contribution in [0.25, 0.3) is 0 Å². The van der Waals surface area contributed by atoms with Gasteiger partial charge in [0.1, 0.15) is 5.75 Å². The zero-order valence-corrected chi connectivity index (χ0v) is 14.2. The lowest BCUT2D eigenvalue weighted by atomic mass is 10.0. The van der Waals surface area contributed by atoms with Crippen LogP contribution in [0.1, 0.15) is 44.6 Å². The third-order valence-electron chi connectivity index (χ3n) is 3.81. The van der Waals surface area contributed by atoms with Crippen molar-refractivity contribution in [2.45, 2.75) is 45.1 Å². The highest BCUT2D eigenvalue weighted by Crippen LogP contribution is 2.18. The highest BCUT2D eigenvalue weighted by molar-refractivity contribution is 5.85. The molecule has 1 aromatic rings. The van der Waals surface area contributed by atoms with E-state index < -0.39 is 0 Å². The molecule has 2 rings (SSSR count). The number of ether oxygens (including phenoxy) is 1. The number of benzene rings is 1. The van der Waals surface area contributed by atoms with Crippen molar-refractivity contribution < 1.29 is 9.53 Å². The third kappa shape index (κ3) is 6.24. The fraction of sp³-hybridized carbons (Fsp3) is 0.588. The summed E-state index contributed by atoms with van der Waals surface area (Å²) in [6.45, 7) is 6.69. The molecular formula is C17H27ClN2O2. The first-order valence-electron chi connectivity index (χ1n) is 7.88. The van der Waals surface area contributed by atoms with Gasteiger partial charge in [0.25, 0.3) is 0 Å². The molecule has 1 amide bonds. The van der Waals surface area contributed by atoms with Gasteiger partial charge in [-0.3, -0.25) is 4.79 Å². The molecule has 0 radical (unpaired) electrons. The number of carbonyl (C=O) groups is 1. The monoisotopic (exact) mass is 326 g/mol. The molecule has 1 aliphatic rings. The minimum atomic E-state index is 0. The Bertz CT molecular complexity index is 442. The van der Waals surface area contributed by atoms with Crippen molar-refractivity contribution in [1.82, 2.24) is 10.6 Å². The molecule has 124 valence electrons. The third-order valence-corrected chi connectivity index (χ3v) is 3.81. The largest absolute Gasteiger partial charge is 0.493 e. The number of hydrogen-bond donors (Lipinski definition) is 2. The summed E-state index contributed by atoms with van der Waals surface area (Å²) in [6.07, 6.45) is 2.60. The first-order chi connectivity index (χ1) is 10.1. The van der Waals surface area contributed by atoms with Crippen molar-refractivity contribution in [3.63, 3.8) is 0 Å². The van der Waals surface area contributed by atoms with Gasteiger partial charge in [-0.25, -0.2) is 0 Å². The van der Waals surface area contributed by atoms with Crippen molar-refractivity contribution in [2.24, 2.45) is 0 Å². The summed E-state index contributed by atoms with van der Waals surface area (Å²) < 4.78 is 5.62. The van der Waals surface area contributed by atoms with E-state index in [4.69, 9.17) is 4.74 Å². The van der Waals surface area contributed by atoms with Crippen molar-refractivity contribution in [2.75, 3.05) is 19.7 Å². The first kappa shape index (κ1) is 18.8.